The van der Waals surface area contributed by atoms with Gasteiger partial charge in [-0.15, -0.1) is 0 Å². The van der Waals surface area contributed by atoms with E-state index in [1.165, 1.54) is 0 Å². The largest absolute Gasteiger partial charge is 0.497 e. The molecule has 0 atom stereocenters. The maximum Gasteiger partial charge on any atom is 0.128 e. The molecular formula is C25H20N4O2. The number of hydrogen-bond donors (Lipinski definition) is 0. The van der Waals surface area contributed by atoms with Crippen LogP contribution in [0.3, 0.4) is 0 Å². The lowest BCUT2D eigenvalue weighted by atomic mass is 10.0. The Hall–Kier alpha value is -4.37. The lowest BCUT2D eigenvalue weighted by molar-refractivity contribution is 0.404. The van der Waals surface area contributed by atoms with Gasteiger partial charge in [-0.3, -0.25) is 4.98 Å². The zero-order valence-corrected chi connectivity index (χ0v) is 17.2. The molecule has 0 aliphatic carbocycles. The van der Waals surface area contributed by atoms with Crippen molar-refractivity contribution in [3.63, 3.8) is 0 Å². The Morgan fingerprint density at radius 3 is 2.48 bits per heavy atom. The number of rotatable bonds is 6. The number of benzene rings is 2. The highest BCUT2D eigenvalue weighted by Crippen LogP contribution is 2.36. The summed E-state index contributed by atoms with van der Waals surface area (Å²) in [4.78, 5) is 4.31. The molecule has 0 saturated heterocycles. The van der Waals surface area contributed by atoms with E-state index in [4.69, 9.17) is 14.6 Å². The van der Waals surface area contributed by atoms with E-state index < -0.39 is 0 Å². The standard InChI is InChI=1S/C25H20N4O2/c1-30-21-11-12-24(31-2)22(15-21)25-19(14-18(16-26)23-10-6-7-13-27-23)17-29(28-25)20-8-4-3-5-9-20/h3-15,17H,1-2H3. The quantitative estimate of drug-likeness (QED) is 0.419. The van der Waals surface area contributed by atoms with Crippen LogP contribution in [-0.4, -0.2) is 29.0 Å². The van der Waals surface area contributed by atoms with Crippen molar-refractivity contribution in [3.8, 4) is 34.5 Å². The van der Waals surface area contributed by atoms with Crippen LogP contribution in [-0.2, 0) is 0 Å². The van der Waals surface area contributed by atoms with Crippen molar-refractivity contribution in [2.75, 3.05) is 14.2 Å². The predicted octanol–water partition coefficient (Wildman–Crippen LogP) is 5.02. The monoisotopic (exact) mass is 408 g/mol. The van der Waals surface area contributed by atoms with E-state index >= 15 is 0 Å². The fourth-order valence-corrected chi connectivity index (χ4v) is 3.26. The molecule has 6 heteroatoms. The first kappa shape index (κ1) is 19.9. The van der Waals surface area contributed by atoms with Crippen LogP contribution >= 0.6 is 0 Å². The average Bonchev–Trinajstić information content (AvgIpc) is 3.27. The number of hydrogen-bond acceptors (Lipinski definition) is 5. The van der Waals surface area contributed by atoms with E-state index in [-0.39, 0.29) is 0 Å². The molecule has 0 N–H and O–H groups in total. The van der Waals surface area contributed by atoms with E-state index in [9.17, 15) is 5.26 Å². The topological polar surface area (TPSA) is 73.0 Å². The van der Waals surface area contributed by atoms with Gasteiger partial charge in [-0.1, -0.05) is 24.3 Å². The number of pyridine rings is 1. The van der Waals surface area contributed by atoms with Gasteiger partial charge in [0, 0.05) is 23.5 Å². The summed E-state index contributed by atoms with van der Waals surface area (Å²) < 4.78 is 12.8. The van der Waals surface area contributed by atoms with Crippen molar-refractivity contribution in [3.05, 3.63) is 90.4 Å². The molecule has 0 fully saturated rings. The summed E-state index contributed by atoms with van der Waals surface area (Å²) >= 11 is 0. The van der Waals surface area contributed by atoms with Crippen LogP contribution in [0.5, 0.6) is 11.5 Å². The fraction of sp³-hybridized carbons (Fsp3) is 0.0800. The highest BCUT2D eigenvalue weighted by molar-refractivity contribution is 5.92. The van der Waals surface area contributed by atoms with E-state index in [0.29, 0.717) is 28.5 Å². The first-order valence-electron chi connectivity index (χ1n) is 9.64. The van der Waals surface area contributed by atoms with Crippen molar-refractivity contribution in [1.82, 2.24) is 14.8 Å². The molecule has 0 aliphatic heterocycles. The Morgan fingerprint density at radius 2 is 1.81 bits per heavy atom. The Morgan fingerprint density at radius 1 is 1.00 bits per heavy atom. The second-order valence-corrected chi connectivity index (χ2v) is 6.66. The molecule has 0 saturated carbocycles. The van der Waals surface area contributed by atoms with Crippen molar-refractivity contribution < 1.29 is 9.47 Å². The molecule has 0 amide bonds. The molecule has 2 aromatic carbocycles. The van der Waals surface area contributed by atoms with Gasteiger partial charge in [-0.25, -0.2) is 4.68 Å². The van der Waals surface area contributed by atoms with Crippen LogP contribution in [0.2, 0.25) is 0 Å². The van der Waals surface area contributed by atoms with Gasteiger partial charge in [-0.2, -0.15) is 10.4 Å². The Bertz CT molecular complexity index is 1260. The summed E-state index contributed by atoms with van der Waals surface area (Å²) in [6.07, 6.45) is 5.35. The number of allylic oxidation sites excluding steroid dienone is 1. The Kier molecular flexibility index (Phi) is 5.77. The maximum absolute atomic E-state index is 9.78. The maximum atomic E-state index is 9.78. The summed E-state index contributed by atoms with van der Waals surface area (Å²) in [6, 6.07) is 23.1. The Labute approximate surface area is 180 Å². The highest BCUT2D eigenvalue weighted by atomic mass is 16.5. The van der Waals surface area contributed by atoms with Crippen LogP contribution in [0, 0.1) is 11.3 Å². The molecule has 0 spiro atoms. The van der Waals surface area contributed by atoms with Crippen LogP contribution in [0.4, 0.5) is 0 Å². The minimum Gasteiger partial charge on any atom is -0.497 e. The van der Waals surface area contributed by atoms with Gasteiger partial charge in [0.1, 0.15) is 23.3 Å². The van der Waals surface area contributed by atoms with Crippen molar-refractivity contribution in [1.29, 1.82) is 5.26 Å². The molecule has 6 nitrogen and oxygen atoms in total. The minimum absolute atomic E-state index is 0.441. The molecule has 31 heavy (non-hydrogen) atoms. The number of para-hydroxylation sites is 1. The van der Waals surface area contributed by atoms with Gasteiger partial charge >= 0.3 is 0 Å². The van der Waals surface area contributed by atoms with Gasteiger partial charge < -0.3 is 9.47 Å². The first-order valence-corrected chi connectivity index (χ1v) is 9.64. The number of aromatic nitrogens is 3. The molecule has 4 aromatic rings. The Balaban J connectivity index is 1.94. The normalized spacial score (nSPS) is 11.1. The number of nitrogens with zero attached hydrogens (tertiary/aromatic N) is 4. The second kappa shape index (κ2) is 8.97. The number of ether oxygens (including phenoxy) is 2. The smallest absolute Gasteiger partial charge is 0.128 e. The van der Waals surface area contributed by atoms with Crippen LogP contribution in [0.15, 0.2) is 79.1 Å². The number of nitriles is 1. The highest BCUT2D eigenvalue weighted by Gasteiger charge is 2.17. The third-order valence-corrected chi connectivity index (χ3v) is 4.79. The fourth-order valence-electron chi connectivity index (χ4n) is 3.26. The third-order valence-electron chi connectivity index (χ3n) is 4.79. The third kappa shape index (κ3) is 4.16. The second-order valence-electron chi connectivity index (χ2n) is 6.66. The molecule has 0 aliphatic rings. The zero-order chi connectivity index (χ0) is 21.6. The summed E-state index contributed by atoms with van der Waals surface area (Å²) in [5.74, 6) is 1.34. The SMILES string of the molecule is COc1ccc(OC)c(-c2nn(-c3ccccc3)cc2C=C(C#N)c2ccccn2)c1. The van der Waals surface area contributed by atoms with Crippen LogP contribution in [0.25, 0.3) is 28.6 Å². The van der Waals surface area contributed by atoms with Crippen molar-refractivity contribution >= 4 is 11.6 Å². The van der Waals surface area contributed by atoms with E-state index in [1.54, 1.807) is 31.2 Å². The molecular weight excluding hydrogens is 388 g/mol. The summed E-state index contributed by atoms with van der Waals surface area (Å²) in [5, 5.41) is 14.6. The van der Waals surface area contributed by atoms with Gasteiger partial charge in [0.05, 0.1) is 31.2 Å². The summed E-state index contributed by atoms with van der Waals surface area (Å²) in [6.45, 7) is 0. The zero-order valence-electron chi connectivity index (χ0n) is 17.2. The molecule has 0 radical (unpaired) electrons. The van der Waals surface area contributed by atoms with Crippen molar-refractivity contribution in [2.24, 2.45) is 0 Å². The van der Waals surface area contributed by atoms with Crippen molar-refractivity contribution in [2.45, 2.75) is 0 Å². The first-order chi connectivity index (χ1) is 15.2. The number of methoxy groups -OCH3 is 2. The van der Waals surface area contributed by atoms with Gasteiger partial charge in [-0.05, 0) is 48.5 Å². The molecule has 0 unspecified atom stereocenters. The lowest BCUT2D eigenvalue weighted by Gasteiger charge is -2.09. The summed E-state index contributed by atoms with van der Waals surface area (Å²) in [7, 11) is 3.23. The predicted molar refractivity (Wildman–Crippen MR) is 120 cm³/mol. The van der Waals surface area contributed by atoms with Gasteiger partial charge in [0.25, 0.3) is 0 Å². The summed E-state index contributed by atoms with van der Waals surface area (Å²) in [5.41, 5.74) is 4.14. The van der Waals surface area contributed by atoms with Gasteiger partial charge in [0.15, 0.2) is 0 Å². The molecule has 2 heterocycles. The molecule has 0 bridgehead atoms. The van der Waals surface area contributed by atoms with E-state index in [2.05, 4.69) is 11.1 Å². The molecule has 152 valence electrons. The van der Waals surface area contributed by atoms with E-state index in [1.807, 2.05) is 72.9 Å². The minimum atomic E-state index is 0.441. The van der Waals surface area contributed by atoms with Crippen LogP contribution < -0.4 is 9.47 Å². The average molecular weight is 408 g/mol. The van der Waals surface area contributed by atoms with Crippen LogP contribution in [0.1, 0.15) is 11.3 Å². The van der Waals surface area contributed by atoms with Gasteiger partial charge in [0.2, 0.25) is 0 Å². The lowest BCUT2D eigenvalue weighted by Crippen LogP contribution is -1.95. The van der Waals surface area contributed by atoms with E-state index in [0.717, 1.165) is 16.8 Å². The molecule has 2 aromatic heterocycles. The molecule has 4 rings (SSSR count).